The fraction of sp³-hybridized carbons (Fsp3) is 0.412. The fourth-order valence-electron chi connectivity index (χ4n) is 2.19. The van der Waals surface area contributed by atoms with Crippen LogP contribution in [0.1, 0.15) is 25.7 Å². The van der Waals surface area contributed by atoms with Crippen molar-refractivity contribution in [2.75, 3.05) is 13.1 Å². The van der Waals surface area contributed by atoms with Gasteiger partial charge in [0.15, 0.2) is 0 Å². The van der Waals surface area contributed by atoms with E-state index < -0.39 is 0 Å². The molecule has 0 saturated carbocycles. The summed E-state index contributed by atoms with van der Waals surface area (Å²) in [4.78, 5) is 0. The largest absolute Gasteiger partial charge is 0.317 e. The predicted octanol–water partition coefficient (Wildman–Crippen LogP) is 5.31. The Balaban J connectivity index is 0.000000369. The van der Waals surface area contributed by atoms with Gasteiger partial charge in [-0.25, -0.2) is 0 Å². The molecular formula is C17H24INOS. The van der Waals surface area contributed by atoms with Gasteiger partial charge < -0.3 is 5.32 Å². The average Bonchev–Trinajstić information content (AvgIpc) is 3.11. The zero-order valence-corrected chi connectivity index (χ0v) is 15.4. The van der Waals surface area contributed by atoms with Gasteiger partial charge in [0.05, 0.1) is 9.21 Å². The third-order valence-electron chi connectivity index (χ3n) is 3.26. The molecule has 116 valence electrons. The molecule has 1 unspecified atom stereocenters. The minimum Gasteiger partial charge on any atom is -0.317 e. The second-order valence-corrected chi connectivity index (χ2v) is 6.18. The van der Waals surface area contributed by atoms with Crippen molar-refractivity contribution in [2.24, 2.45) is 0 Å². The van der Waals surface area contributed by atoms with Crippen LogP contribution in [0.3, 0.4) is 0 Å². The number of allylic oxidation sites excluding steroid dienone is 4. The maximum Gasteiger partial charge on any atom is 0.123 e. The van der Waals surface area contributed by atoms with E-state index in [-0.39, 0.29) is 6.10 Å². The third kappa shape index (κ3) is 7.49. The minimum atomic E-state index is -0.0473. The number of halogens is 1. The normalized spacial score (nSPS) is 19.3. The van der Waals surface area contributed by atoms with Crippen LogP contribution in [0.4, 0.5) is 0 Å². The molecule has 1 heterocycles. The van der Waals surface area contributed by atoms with E-state index in [1.165, 1.54) is 40.7 Å². The van der Waals surface area contributed by atoms with Crippen molar-refractivity contribution in [3.05, 3.63) is 60.8 Å². The molecule has 1 aliphatic heterocycles. The van der Waals surface area contributed by atoms with Crippen molar-refractivity contribution in [3.8, 4) is 0 Å². The first kappa shape index (κ1) is 18.7. The highest BCUT2D eigenvalue weighted by Gasteiger charge is 2.17. The van der Waals surface area contributed by atoms with Gasteiger partial charge in [0.2, 0.25) is 0 Å². The minimum absolute atomic E-state index is 0.0473. The van der Waals surface area contributed by atoms with Gasteiger partial charge in [-0.3, -0.25) is 4.18 Å². The van der Waals surface area contributed by atoms with Gasteiger partial charge in [-0.2, -0.15) is 0 Å². The van der Waals surface area contributed by atoms with Crippen molar-refractivity contribution in [2.45, 2.75) is 31.8 Å². The van der Waals surface area contributed by atoms with Gasteiger partial charge in [-0.1, -0.05) is 49.6 Å². The number of rotatable bonds is 6. The van der Waals surface area contributed by atoms with Gasteiger partial charge in [0, 0.05) is 21.2 Å². The van der Waals surface area contributed by atoms with E-state index >= 15 is 0 Å². The fourth-order valence-corrected chi connectivity index (χ4v) is 3.11. The van der Waals surface area contributed by atoms with Crippen LogP contribution in [0.15, 0.2) is 60.8 Å². The molecule has 1 aliphatic carbocycles. The highest BCUT2D eigenvalue weighted by Crippen LogP contribution is 2.28. The lowest BCUT2D eigenvalue weighted by Gasteiger charge is -2.19. The van der Waals surface area contributed by atoms with Crippen LogP contribution >= 0.6 is 30.4 Å². The molecule has 0 aromatic carbocycles. The summed E-state index contributed by atoms with van der Waals surface area (Å²) < 4.78 is 5.68. The van der Waals surface area contributed by atoms with Crippen LogP contribution in [0.2, 0.25) is 0 Å². The standard InChI is InChI=1S/C13H15IOS.C4H9N/c1-3-8-11(4-2)13(15-16-14)12-9-6-5-7-10-12;1-2-4-5-3-1/h3-4,6,8-10,13H,1-2,5,7H2;5H,1-4H2/b11-8+;. The van der Waals surface area contributed by atoms with Crippen LogP contribution in [0.5, 0.6) is 0 Å². The van der Waals surface area contributed by atoms with E-state index in [0.29, 0.717) is 0 Å². The van der Waals surface area contributed by atoms with Gasteiger partial charge in [-0.15, -0.1) is 0 Å². The highest BCUT2D eigenvalue weighted by atomic mass is 127. The summed E-state index contributed by atoms with van der Waals surface area (Å²) in [6.07, 6.45) is 17.0. The Hall–Kier alpha value is -0.300. The lowest BCUT2D eigenvalue weighted by atomic mass is 9.96. The first-order valence-corrected chi connectivity index (χ1v) is 10.6. The molecule has 0 aromatic rings. The molecule has 1 saturated heterocycles. The Morgan fingerprint density at radius 2 is 2.10 bits per heavy atom. The van der Waals surface area contributed by atoms with Crippen molar-refractivity contribution in [3.63, 3.8) is 0 Å². The maximum absolute atomic E-state index is 5.68. The zero-order valence-electron chi connectivity index (χ0n) is 12.4. The molecular weight excluding hydrogens is 393 g/mol. The average molecular weight is 417 g/mol. The lowest BCUT2D eigenvalue weighted by Crippen LogP contribution is -2.14. The van der Waals surface area contributed by atoms with E-state index in [0.717, 1.165) is 18.4 Å². The molecule has 1 atom stereocenters. The maximum atomic E-state index is 5.68. The first-order chi connectivity index (χ1) is 10.3. The summed E-state index contributed by atoms with van der Waals surface area (Å²) in [5.41, 5.74) is 2.24. The number of nitrogens with one attached hydrogen (secondary N) is 1. The van der Waals surface area contributed by atoms with Crippen molar-refractivity contribution >= 4 is 30.4 Å². The zero-order chi connectivity index (χ0) is 15.3. The lowest BCUT2D eigenvalue weighted by molar-refractivity contribution is 0.337. The number of hydrogen-bond donors (Lipinski definition) is 1. The molecule has 21 heavy (non-hydrogen) atoms. The molecule has 0 amide bonds. The van der Waals surface area contributed by atoms with E-state index in [4.69, 9.17) is 4.18 Å². The second kappa shape index (κ2) is 12.3. The Kier molecular flexibility index (Phi) is 10.9. The summed E-state index contributed by atoms with van der Waals surface area (Å²) in [5.74, 6) is 0. The van der Waals surface area contributed by atoms with Crippen LogP contribution in [0.25, 0.3) is 0 Å². The SMILES string of the molecule is C1CCNC1.C=C/C=C(\C=C)C(OSI)C1=CCCC=C1. The summed E-state index contributed by atoms with van der Waals surface area (Å²) >= 11 is 2.13. The van der Waals surface area contributed by atoms with Crippen molar-refractivity contribution < 1.29 is 4.18 Å². The number of hydrogen-bond acceptors (Lipinski definition) is 3. The van der Waals surface area contributed by atoms with E-state index in [1.54, 1.807) is 6.08 Å². The molecule has 0 radical (unpaired) electrons. The molecule has 2 nitrogen and oxygen atoms in total. The quantitative estimate of drug-likeness (QED) is 0.359. The van der Waals surface area contributed by atoms with E-state index in [1.807, 2.05) is 12.2 Å². The summed E-state index contributed by atoms with van der Waals surface area (Å²) in [6, 6.07) is 0. The summed E-state index contributed by atoms with van der Waals surface area (Å²) in [7, 11) is 1.35. The Labute approximate surface area is 145 Å². The van der Waals surface area contributed by atoms with E-state index in [9.17, 15) is 0 Å². The van der Waals surface area contributed by atoms with Crippen LogP contribution in [0, 0.1) is 0 Å². The Bertz CT molecular complexity index is 403. The summed E-state index contributed by atoms with van der Waals surface area (Å²) in [6.45, 7) is 10.0. The predicted molar refractivity (Wildman–Crippen MR) is 104 cm³/mol. The molecule has 4 heteroatoms. The first-order valence-electron chi connectivity index (χ1n) is 7.30. The third-order valence-corrected chi connectivity index (χ3v) is 4.15. The molecule has 1 N–H and O–H groups in total. The molecule has 0 aromatic heterocycles. The van der Waals surface area contributed by atoms with Gasteiger partial charge >= 0.3 is 0 Å². The Morgan fingerprint density at radius 1 is 1.33 bits per heavy atom. The van der Waals surface area contributed by atoms with Gasteiger partial charge in [0.25, 0.3) is 0 Å². The summed E-state index contributed by atoms with van der Waals surface area (Å²) in [5, 5.41) is 3.22. The topological polar surface area (TPSA) is 21.3 Å². The van der Waals surface area contributed by atoms with E-state index in [2.05, 4.69) is 57.9 Å². The van der Waals surface area contributed by atoms with Crippen LogP contribution in [-0.4, -0.2) is 19.2 Å². The van der Waals surface area contributed by atoms with Crippen LogP contribution < -0.4 is 5.32 Å². The van der Waals surface area contributed by atoms with Gasteiger partial charge in [0.1, 0.15) is 6.10 Å². The smallest absolute Gasteiger partial charge is 0.123 e. The molecule has 0 bridgehead atoms. The van der Waals surface area contributed by atoms with Crippen molar-refractivity contribution in [1.82, 2.24) is 5.32 Å². The van der Waals surface area contributed by atoms with Crippen LogP contribution in [-0.2, 0) is 4.18 Å². The molecule has 0 spiro atoms. The molecule has 2 aliphatic rings. The Morgan fingerprint density at radius 3 is 2.52 bits per heavy atom. The highest BCUT2D eigenvalue weighted by molar-refractivity contribution is 14.2. The monoisotopic (exact) mass is 417 g/mol. The molecule has 1 fully saturated rings. The van der Waals surface area contributed by atoms with Gasteiger partial charge in [-0.05, 0) is 49.9 Å². The van der Waals surface area contributed by atoms with Crippen molar-refractivity contribution in [1.29, 1.82) is 0 Å². The molecule has 2 rings (SSSR count). The second-order valence-electron chi connectivity index (χ2n) is 4.79.